The maximum absolute atomic E-state index is 14.2. The van der Waals surface area contributed by atoms with Crippen LogP contribution in [0.15, 0.2) is 54.6 Å². The Hall–Kier alpha value is -4.64. The number of benzene rings is 3. The van der Waals surface area contributed by atoms with Crippen molar-refractivity contribution < 1.29 is 19.4 Å². The smallest absolute Gasteiger partial charge is 0.285 e. The van der Waals surface area contributed by atoms with Crippen LogP contribution in [0.2, 0.25) is 0 Å². The Morgan fingerprint density at radius 2 is 1.54 bits per heavy atom. The molecule has 2 saturated heterocycles. The van der Waals surface area contributed by atoms with Gasteiger partial charge in [0.2, 0.25) is 5.91 Å². The van der Waals surface area contributed by atoms with Crippen LogP contribution < -0.4 is 9.91 Å². The highest BCUT2D eigenvalue weighted by Gasteiger charge is 2.64. The summed E-state index contributed by atoms with van der Waals surface area (Å²) >= 11 is 0. The summed E-state index contributed by atoms with van der Waals surface area (Å²) in [6.07, 6.45) is 0.617. The highest BCUT2D eigenvalue weighted by Crippen LogP contribution is 2.53. The molecule has 3 aromatic rings. The largest absolute Gasteiger partial charge is 0.300 e. The maximum Gasteiger partial charge on any atom is 0.300 e. The summed E-state index contributed by atoms with van der Waals surface area (Å²) in [6, 6.07) is 13.4. The van der Waals surface area contributed by atoms with Crippen molar-refractivity contribution in [1.29, 1.82) is 0 Å². The molecule has 3 aliphatic rings. The molecule has 3 aromatic carbocycles. The number of hydrogen-bond acceptors (Lipinski definition) is 8. The molecule has 3 atom stereocenters. The zero-order chi connectivity index (χ0) is 27.7. The molecule has 2 fully saturated rings. The van der Waals surface area contributed by atoms with Gasteiger partial charge in [0.05, 0.1) is 33.6 Å². The minimum Gasteiger partial charge on any atom is -0.285 e. The SMILES string of the molecule is Cc1cc(C)c(N2C(=O)[C@H]3[C@@H]4c5ccccc5CCN4N(c4ccc([N+](=O)[O-])cc4[N+](=O)[O-])[C@H]3C2=O)c(C)c1. The van der Waals surface area contributed by atoms with Crippen LogP contribution in [0.25, 0.3) is 0 Å². The van der Waals surface area contributed by atoms with Crippen LogP contribution in [-0.4, -0.2) is 39.3 Å². The predicted molar refractivity (Wildman–Crippen MR) is 142 cm³/mol. The highest BCUT2D eigenvalue weighted by atomic mass is 16.6. The molecule has 11 heteroatoms. The van der Waals surface area contributed by atoms with Gasteiger partial charge < -0.3 is 0 Å². The summed E-state index contributed by atoms with van der Waals surface area (Å²) in [4.78, 5) is 51.8. The standard InChI is InChI=1S/C28H25N5O6/c1-15-12-16(2)24(17(3)13-15)30-27(34)23-25-20-7-5-4-6-18(20)10-11-29(25)31(26(23)28(30)35)21-9-8-19(32(36)37)14-22(21)33(38)39/h4-9,12-14,23,25-26H,10-11H2,1-3H3/t23-,25-,26+/m0/s1. The lowest BCUT2D eigenvalue weighted by Gasteiger charge is -2.40. The Kier molecular flexibility index (Phi) is 5.51. The monoisotopic (exact) mass is 527 g/mol. The number of nitro benzene ring substituents is 2. The molecule has 6 rings (SSSR count). The van der Waals surface area contributed by atoms with Crippen LogP contribution >= 0.6 is 0 Å². The number of amides is 2. The molecule has 0 unspecified atom stereocenters. The van der Waals surface area contributed by atoms with Crippen LogP contribution in [0.1, 0.15) is 33.9 Å². The van der Waals surface area contributed by atoms with Gasteiger partial charge >= 0.3 is 5.69 Å². The van der Waals surface area contributed by atoms with Gasteiger partial charge in [-0.05, 0) is 55.5 Å². The van der Waals surface area contributed by atoms with Crippen molar-refractivity contribution >= 4 is 34.6 Å². The normalized spacial score (nSPS) is 22.1. The molecule has 0 saturated carbocycles. The number of hydrazine groups is 1. The number of non-ortho nitro benzene ring substituents is 1. The first-order chi connectivity index (χ1) is 18.6. The third-order valence-corrected chi connectivity index (χ3v) is 7.98. The lowest BCUT2D eigenvalue weighted by Crippen LogP contribution is -2.50. The minimum atomic E-state index is -1.05. The summed E-state index contributed by atoms with van der Waals surface area (Å²) in [5.41, 5.74) is 4.16. The zero-order valence-electron chi connectivity index (χ0n) is 21.5. The number of carbonyl (C=O) groups is 2. The van der Waals surface area contributed by atoms with Crippen molar-refractivity contribution in [3.05, 3.63) is 103 Å². The Morgan fingerprint density at radius 1 is 0.846 bits per heavy atom. The number of anilines is 2. The third-order valence-electron chi connectivity index (χ3n) is 7.98. The predicted octanol–water partition coefficient (Wildman–Crippen LogP) is 4.32. The number of hydrogen-bond donors (Lipinski definition) is 0. The van der Waals surface area contributed by atoms with E-state index >= 15 is 0 Å². The number of rotatable bonds is 4. The topological polar surface area (TPSA) is 130 Å². The molecule has 0 spiro atoms. The van der Waals surface area contributed by atoms with Gasteiger partial charge in [0, 0.05) is 12.6 Å². The van der Waals surface area contributed by atoms with Crippen molar-refractivity contribution in [2.75, 3.05) is 16.5 Å². The van der Waals surface area contributed by atoms with Gasteiger partial charge in [0.15, 0.2) is 0 Å². The van der Waals surface area contributed by atoms with Gasteiger partial charge in [-0.3, -0.25) is 34.8 Å². The summed E-state index contributed by atoms with van der Waals surface area (Å²) in [7, 11) is 0. The first-order valence-corrected chi connectivity index (χ1v) is 12.6. The fraction of sp³-hybridized carbons (Fsp3) is 0.286. The van der Waals surface area contributed by atoms with Crippen LogP contribution in [0.4, 0.5) is 22.7 Å². The molecule has 39 heavy (non-hydrogen) atoms. The van der Waals surface area contributed by atoms with E-state index in [1.54, 1.807) is 5.01 Å². The second-order valence-electron chi connectivity index (χ2n) is 10.3. The number of nitrogens with zero attached hydrogens (tertiary/aromatic N) is 5. The van der Waals surface area contributed by atoms with Gasteiger partial charge in [0.25, 0.3) is 11.6 Å². The van der Waals surface area contributed by atoms with Crippen molar-refractivity contribution in [3.8, 4) is 0 Å². The van der Waals surface area contributed by atoms with E-state index in [1.165, 1.54) is 17.0 Å². The number of aryl methyl sites for hydroxylation is 3. The molecule has 0 bridgehead atoms. The Bertz CT molecular complexity index is 1580. The number of nitro groups is 2. The molecule has 0 N–H and O–H groups in total. The van der Waals surface area contributed by atoms with Crippen molar-refractivity contribution in [1.82, 2.24) is 5.01 Å². The molecule has 11 nitrogen and oxygen atoms in total. The minimum absolute atomic E-state index is 0.0443. The molecule has 0 aliphatic carbocycles. The Balaban J connectivity index is 1.57. The first kappa shape index (κ1) is 24.7. The molecular weight excluding hydrogens is 502 g/mol. The first-order valence-electron chi connectivity index (χ1n) is 12.6. The van der Waals surface area contributed by atoms with Crippen LogP contribution in [0.3, 0.4) is 0 Å². The quantitative estimate of drug-likeness (QED) is 0.279. The second-order valence-corrected chi connectivity index (χ2v) is 10.3. The fourth-order valence-corrected chi connectivity index (χ4v) is 6.61. The van der Waals surface area contributed by atoms with Gasteiger partial charge in [-0.2, -0.15) is 0 Å². The fourth-order valence-electron chi connectivity index (χ4n) is 6.61. The van der Waals surface area contributed by atoms with E-state index in [4.69, 9.17) is 0 Å². The van der Waals surface area contributed by atoms with Crippen LogP contribution in [0, 0.1) is 46.9 Å². The lowest BCUT2D eigenvalue weighted by atomic mass is 9.85. The average Bonchev–Trinajstić information content (AvgIpc) is 3.36. The Morgan fingerprint density at radius 3 is 2.21 bits per heavy atom. The maximum atomic E-state index is 14.2. The molecule has 3 aliphatic heterocycles. The molecule has 198 valence electrons. The van der Waals surface area contributed by atoms with E-state index in [2.05, 4.69) is 0 Å². The zero-order valence-corrected chi connectivity index (χ0v) is 21.5. The summed E-state index contributed by atoms with van der Waals surface area (Å²) in [5.74, 6) is -1.66. The van der Waals surface area contributed by atoms with E-state index in [9.17, 15) is 29.8 Å². The number of fused-ring (bicyclic) bond motifs is 5. The van der Waals surface area contributed by atoms with E-state index in [0.29, 0.717) is 18.7 Å². The van der Waals surface area contributed by atoms with Gasteiger partial charge in [-0.25, -0.2) is 9.91 Å². The van der Waals surface area contributed by atoms with Gasteiger partial charge in [0.1, 0.15) is 11.7 Å². The summed E-state index contributed by atoms with van der Waals surface area (Å²) in [5, 5.41) is 26.9. The molecule has 3 heterocycles. The molecule has 2 amide bonds. The van der Waals surface area contributed by atoms with Crippen LogP contribution in [0.5, 0.6) is 0 Å². The van der Waals surface area contributed by atoms with Crippen molar-refractivity contribution in [3.63, 3.8) is 0 Å². The summed E-state index contributed by atoms with van der Waals surface area (Å²) < 4.78 is 0. The summed E-state index contributed by atoms with van der Waals surface area (Å²) in [6.45, 7) is 6.07. The highest BCUT2D eigenvalue weighted by molar-refractivity contribution is 6.25. The van der Waals surface area contributed by atoms with Crippen molar-refractivity contribution in [2.45, 2.75) is 39.3 Å². The van der Waals surface area contributed by atoms with Gasteiger partial charge in [-0.15, -0.1) is 0 Å². The van der Waals surface area contributed by atoms with E-state index in [1.807, 2.05) is 62.2 Å². The van der Waals surface area contributed by atoms with E-state index in [-0.39, 0.29) is 11.6 Å². The van der Waals surface area contributed by atoms with Gasteiger partial charge in [-0.1, -0.05) is 42.0 Å². The second kappa shape index (κ2) is 8.70. The molecule has 0 radical (unpaired) electrons. The lowest BCUT2D eigenvalue weighted by molar-refractivity contribution is -0.393. The van der Waals surface area contributed by atoms with E-state index < -0.39 is 45.1 Å². The molecular formula is C28H25N5O6. The number of carbonyl (C=O) groups excluding carboxylic acids is 2. The average molecular weight is 528 g/mol. The number of imide groups is 1. The molecule has 0 aromatic heterocycles. The Labute approximate surface area is 223 Å². The third kappa shape index (κ3) is 3.53. The van der Waals surface area contributed by atoms with Crippen molar-refractivity contribution in [2.24, 2.45) is 5.92 Å². The van der Waals surface area contributed by atoms with Crippen LogP contribution in [-0.2, 0) is 16.0 Å². The van der Waals surface area contributed by atoms with E-state index in [0.717, 1.165) is 33.9 Å².